The number of halogens is 2. The lowest BCUT2D eigenvalue weighted by Gasteiger charge is -2.15. The zero-order valence-electron chi connectivity index (χ0n) is 15.5. The van der Waals surface area contributed by atoms with Gasteiger partial charge in [-0.15, -0.1) is 11.8 Å². The molecule has 0 aliphatic carbocycles. The molecule has 0 saturated carbocycles. The molecule has 3 heterocycles. The minimum atomic E-state index is -0.664. The minimum Gasteiger partial charge on any atom is -0.309 e. The number of anilines is 1. The predicted molar refractivity (Wildman–Crippen MR) is 103 cm³/mol. The summed E-state index contributed by atoms with van der Waals surface area (Å²) in [6.07, 6.45) is 0. The van der Waals surface area contributed by atoms with Crippen molar-refractivity contribution in [3.63, 3.8) is 0 Å². The van der Waals surface area contributed by atoms with Gasteiger partial charge in [-0.05, 0) is 44.5 Å². The maximum Gasteiger partial charge on any atom is 0.252 e. The molecule has 144 valence electrons. The van der Waals surface area contributed by atoms with Crippen molar-refractivity contribution < 1.29 is 13.6 Å². The van der Waals surface area contributed by atoms with Crippen LogP contribution >= 0.6 is 11.8 Å². The second-order valence-electron chi connectivity index (χ2n) is 6.65. The molecule has 1 atom stereocenters. The molecule has 0 saturated heterocycles. The monoisotopic (exact) mass is 401 g/mol. The van der Waals surface area contributed by atoms with Gasteiger partial charge in [0.15, 0.2) is 0 Å². The van der Waals surface area contributed by atoms with Crippen LogP contribution in [0.4, 0.5) is 14.6 Å². The van der Waals surface area contributed by atoms with E-state index in [0.29, 0.717) is 28.6 Å². The van der Waals surface area contributed by atoms with Crippen molar-refractivity contribution in [3.8, 4) is 5.95 Å². The smallest absolute Gasteiger partial charge is 0.252 e. The van der Waals surface area contributed by atoms with Crippen LogP contribution in [-0.4, -0.2) is 31.4 Å². The van der Waals surface area contributed by atoms with Crippen molar-refractivity contribution in [2.45, 2.75) is 26.0 Å². The summed E-state index contributed by atoms with van der Waals surface area (Å²) >= 11 is 1.29. The fourth-order valence-corrected chi connectivity index (χ4v) is 4.49. The topological polar surface area (TPSA) is 72.7 Å². The Kier molecular flexibility index (Phi) is 4.62. The van der Waals surface area contributed by atoms with E-state index in [1.54, 1.807) is 6.92 Å². The molecule has 1 aliphatic rings. The number of hydrogen-bond acceptors (Lipinski definition) is 5. The Hall–Kier alpha value is -2.81. The van der Waals surface area contributed by atoms with Gasteiger partial charge in [-0.3, -0.25) is 4.79 Å². The number of amides is 1. The number of rotatable bonds is 2. The number of carbonyl (C=O) groups excluding carboxylic acids is 1. The van der Waals surface area contributed by atoms with E-state index in [2.05, 4.69) is 20.4 Å². The standard InChI is InChI=1S/C19H17F2N5OS/c1-9-4-10(2)23-19(22-9)26-18-16(11(3)25-26)17(28-8-15(27)24-18)12-5-13(20)7-14(21)6-12/h4-7,17H,8H2,1-3H3,(H,24,27)/t17-/m1/s1. The van der Waals surface area contributed by atoms with Gasteiger partial charge >= 0.3 is 0 Å². The van der Waals surface area contributed by atoms with Gasteiger partial charge in [-0.25, -0.2) is 18.7 Å². The average Bonchev–Trinajstić information content (AvgIpc) is 2.80. The molecule has 0 unspecified atom stereocenters. The Bertz CT molecular complexity index is 1060. The van der Waals surface area contributed by atoms with Crippen molar-refractivity contribution in [1.82, 2.24) is 19.7 Å². The largest absolute Gasteiger partial charge is 0.309 e. The Labute approximate surface area is 164 Å². The van der Waals surface area contributed by atoms with Gasteiger partial charge < -0.3 is 5.32 Å². The van der Waals surface area contributed by atoms with Gasteiger partial charge in [0, 0.05) is 23.0 Å². The molecule has 6 nitrogen and oxygen atoms in total. The zero-order chi connectivity index (χ0) is 20.0. The van der Waals surface area contributed by atoms with E-state index in [0.717, 1.165) is 17.5 Å². The van der Waals surface area contributed by atoms with Crippen LogP contribution in [0.25, 0.3) is 5.95 Å². The average molecular weight is 401 g/mol. The van der Waals surface area contributed by atoms with Crippen molar-refractivity contribution in [2.75, 3.05) is 11.1 Å². The first-order valence-corrected chi connectivity index (χ1v) is 9.66. The molecule has 9 heteroatoms. The molecule has 1 aliphatic heterocycles. The normalized spacial score (nSPS) is 16.5. The number of aromatic nitrogens is 4. The number of nitrogens with zero attached hydrogens (tertiary/aromatic N) is 4. The molecule has 4 rings (SSSR count). The maximum atomic E-state index is 13.8. The lowest BCUT2D eigenvalue weighted by atomic mass is 10.0. The lowest BCUT2D eigenvalue weighted by molar-refractivity contribution is -0.113. The zero-order valence-corrected chi connectivity index (χ0v) is 16.3. The van der Waals surface area contributed by atoms with E-state index in [1.807, 2.05) is 19.9 Å². The molecular weight excluding hydrogens is 384 g/mol. The third kappa shape index (κ3) is 3.37. The van der Waals surface area contributed by atoms with Gasteiger partial charge in [-0.1, -0.05) is 0 Å². The highest BCUT2D eigenvalue weighted by Gasteiger charge is 2.31. The summed E-state index contributed by atoms with van der Waals surface area (Å²) in [4.78, 5) is 21.2. The predicted octanol–water partition coefficient (Wildman–Crippen LogP) is 3.64. The number of benzene rings is 1. The van der Waals surface area contributed by atoms with Crippen LogP contribution in [0.15, 0.2) is 24.3 Å². The summed E-state index contributed by atoms with van der Waals surface area (Å²) < 4.78 is 29.1. The molecular formula is C19H17F2N5OS. The first-order chi connectivity index (χ1) is 13.3. The molecule has 0 radical (unpaired) electrons. The Morgan fingerprint density at radius 1 is 1.07 bits per heavy atom. The second kappa shape index (κ2) is 6.97. The number of carbonyl (C=O) groups is 1. The van der Waals surface area contributed by atoms with E-state index < -0.39 is 16.9 Å². The molecule has 2 aromatic heterocycles. The molecule has 1 N–H and O–H groups in total. The maximum absolute atomic E-state index is 13.8. The SMILES string of the molecule is Cc1cc(C)nc(-n2nc(C)c3c2NC(=O)CS[C@@H]3c2cc(F)cc(F)c2)n1. The van der Waals surface area contributed by atoms with Crippen molar-refractivity contribution in [2.24, 2.45) is 0 Å². The summed E-state index contributed by atoms with van der Waals surface area (Å²) in [7, 11) is 0. The fraction of sp³-hybridized carbons (Fsp3) is 0.263. The quantitative estimate of drug-likeness (QED) is 0.710. The van der Waals surface area contributed by atoms with Crippen LogP contribution in [0.2, 0.25) is 0 Å². The molecule has 1 aromatic carbocycles. The number of nitrogens with one attached hydrogen (secondary N) is 1. The molecule has 0 fully saturated rings. The highest BCUT2D eigenvalue weighted by atomic mass is 32.2. The van der Waals surface area contributed by atoms with Gasteiger partial charge in [0.2, 0.25) is 5.91 Å². The molecule has 1 amide bonds. The molecule has 0 spiro atoms. The van der Waals surface area contributed by atoms with Gasteiger partial charge in [0.25, 0.3) is 5.95 Å². The molecule has 28 heavy (non-hydrogen) atoms. The summed E-state index contributed by atoms with van der Waals surface area (Å²) in [6, 6.07) is 5.23. The Morgan fingerprint density at radius 3 is 2.36 bits per heavy atom. The van der Waals surface area contributed by atoms with Gasteiger partial charge in [0.1, 0.15) is 17.5 Å². The van der Waals surface area contributed by atoms with Crippen LogP contribution < -0.4 is 5.32 Å². The van der Waals surface area contributed by atoms with Crippen molar-refractivity contribution in [3.05, 3.63) is 64.1 Å². The number of fused-ring (bicyclic) bond motifs is 1. The second-order valence-corrected chi connectivity index (χ2v) is 7.75. The lowest BCUT2D eigenvalue weighted by Crippen LogP contribution is -2.17. The third-order valence-electron chi connectivity index (χ3n) is 4.36. The molecule has 0 bridgehead atoms. The Morgan fingerprint density at radius 2 is 1.71 bits per heavy atom. The Balaban J connectivity index is 1.92. The first kappa shape index (κ1) is 18.5. The van der Waals surface area contributed by atoms with Gasteiger partial charge in [0.05, 0.1) is 16.7 Å². The van der Waals surface area contributed by atoms with E-state index in [-0.39, 0.29) is 11.7 Å². The van der Waals surface area contributed by atoms with Crippen LogP contribution in [-0.2, 0) is 4.79 Å². The highest BCUT2D eigenvalue weighted by molar-refractivity contribution is 8.00. The fourth-order valence-electron chi connectivity index (χ4n) is 3.32. The number of aryl methyl sites for hydroxylation is 3. The van der Waals surface area contributed by atoms with Crippen molar-refractivity contribution >= 4 is 23.5 Å². The van der Waals surface area contributed by atoms with E-state index in [4.69, 9.17) is 0 Å². The third-order valence-corrected chi connectivity index (χ3v) is 5.63. The van der Waals surface area contributed by atoms with Crippen LogP contribution in [0, 0.1) is 32.4 Å². The van der Waals surface area contributed by atoms with Crippen LogP contribution in [0.1, 0.15) is 33.5 Å². The van der Waals surface area contributed by atoms with Crippen LogP contribution in [0.5, 0.6) is 0 Å². The first-order valence-electron chi connectivity index (χ1n) is 8.61. The summed E-state index contributed by atoms with van der Waals surface area (Å²) in [5, 5.41) is 6.91. The van der Waals surface area contributed by atoms with Gasteiger partial charge in [-0.2, -0.15) is 9.78 Å². The minimum absolute atomic E-state index is 0.143. The number of thioether (sulfide) groups is 1. The summed E-state index contributed by atoms with van der Waals surface area (Å²) in [5.74, 6) is -0.654. The van der Waals surface area contributed by atoms with E-state index in [9.17, 15) is 13.6 Å². The summed E-state index contributed by atoms with van der Waals surface area (Å²) in [6.45, 7) is 5.48. The highest BCUT2D eigenvalue weighted by Crippen LogP contribution is 2.43. The van der Waals surface area contributed by atoms with Crippen LogP contribution in [0.3, 0.4) is 0 Å². The summed E-state index contributed by atoms with van der Waals surface area (Å²) in [5.41, 5.74) is 3.28. The van der Waals surface area contributed by atoms with E-state index in [1.165, 1.54) is 28.6 Å². The van der Waals surface area contributed by atoms with Crippen molar-refractivity contribution in [1.29, 1.82) is 0 Å². The molecule has 3 aromatic rings. The number of hydrogen-bond donors (Lipinski definition) is 1. The van der Waals surface area contributed by atoms with E-state index >= 15 is 0 Å².